The summed E-state index contributed by atoms with van der Waals surface area (Å²) in [5, 5.41) is 10.6. The molecule has 9 atom stereocenters. The monoisotopic (exact) mass is 679 g/mol. The Morgan fingerprint density at radius 1 is 1.14 bits per heavy atom. The van der Waals surface area contributed by atoms with E-state index in [0.717, 1.165) is 18.4 Å². The summed E-state index contributed by atoms with van der Waals surface area (Å²) in [6.45, 7) is 17.5. The Morgan fingerprint density at radius 2 is 1.84 bits per heavy atom. The van der Waals surface area contributed by atoms with Gasteiger partial charge in [-0.3, -0.25) is 19.2 Å². The van der Waals surface area contributed by atoms with E-state index < -0.39 is 53.7 Å². The van der Waals surface area contributed by atoms with E-state index in [1.165, 1.54) is 0 Å². The third-order valence-corrected chi connectivity index (χ3v) is 10.8. The van der Waals surface area contributed by atoms with E-state index >= 15 is 0 Å². The molecule has 3 heterocycles. The SMILES string of the molecule is C=CCCC(=O)N(C)[C@@H](C)[C@@H](OC(=O)[C@@H]1[C@H]2C(=O)N([C@@H](CO)CC(C)C)[C@H](C(=O)N(CC=C)C(C)CCC)[C@]23CC[C@H]1O3)c1ccccc1. The van der Waals surface area contributed by atoms with Crippen LogP contribution in [0.4, 0.5) is 0 Å². The van der Waals surface area contributed by atoms with Gasteiger partial charge >= 0.3 is 5.97 Å². The predicted molar refractivity (Wildman–Crippen MR) is 188 cm³/mol. The number of benzene rings is 1. The number of likely N-dealkylation sites (tertiary alicyclic amines) is 1. The molecular weight excluding hydrogens is 622 g/mol. The Hall–Kier alpha value is -3.50. The Bertz CT molecular complexity index is 1350. The molecule has 0 aliphatic carbocycles. The summed E-state index contributed by atoms with van der Waals surface area (Å²) >= 11 is 0. The largest absolute Gasteiger partial charge is 0.455 e. The number of ether oxygens (including phenoxy) is 2. The van der Waals surface area contributed by atoms with Crippen molar-refractivity contribution in [3.8, 4) is 0 Å². The van der Waals surface area contributed by atoms with E-state index in [9.17, 15) is 24.3 Å². The van der Waals surface area contributed by atoms with Gasteiger partial charge in [-0.25, -0.2) is 0 Å². The normalized spacial score (nSPS) is 26.5. The van der Waals surface area contributed by atoms with Gasteiger partial charge < -0.3 is 29.3 Å². The van der Waals surface area contributed by atoms with Crippen LogP contribution in [0.3, 0.4) is 0 Å². The number of fused-ring (bicyclic) bond motifs is 1. The third-order valence-electron chi connectivity index (χ3n) is 10.8. The standard InChI is InChI=1S/C39H57N3O7/c1-9-12-19-31(44)40(8)27(7)34(28-17-14-13-15-18-28)48-38(47)32-30-20-21-39(49-30)33(32)36(45)42(29(24-43)23-25(4)5)35(39)37(46)41(22-11-3)26(6)16-10-2/h9,11,13-15,17-18,25-27,29-30,32-35,43H,1,3,10,12,16,19-24H2,2,4-8H3/t26?,27-,29+,30+,32-,33-,34+,35+,39-/m0/s1. The number of amides is 3. The van der Waals surface area contributed by atoms with Gasteiger partial charge in [-0.05, 0) is 57.4 Å². The van der Waals surface area contributed by atoms with E-state index in [0.29, 0.717) is 32.2 Å². The average molecular weight is 680 g/mol. The highest BCUT2D eigenvalue weighted by Gasteiger charge is 2.75. The quantitative estimate of drug-likeness (QED) is 0.170. The lowest BCUT2D eigenvalue weighted by Crippen LogP contribution is -2.60. The van der Waals surface area contributed by atoms with Crippen LogP contribution in [0.5, 0.6) is 0 Å². The number of aliphatic hydroxyl groups is 1. The molecule has 0 saturated carbocycles. The van der Waals surface area contributed by atoms with Crippen LogP contribution in [0.25, 0.3) is 0 Å². The summed E-state index contributed by atoms with van der Waals surface area (Å²) < 4.78 is 13.0. The van der Waals surface area contributed by atoms with Gasteiger partial charge in [-0.2, -0.15) is 0 Å². The molecule has 10 nitrogen and oxygen atoms in total. The second-order valence-corrected chi connectivity index (χ2v) is 14.5. The molecule has 3 saturated heterocycles. The van der Waals surface area contributed by atoms with Crippen molar-refractivity contribution in [3.05, 3.63) is 61.2 Å². The number of esters is 1. The van der Waals surface area contributed by atoms with Crippen molar-refractivity contribution in [1.29, 1.82) is 0 Å². The molecule has 49 heavy (non-hydrogen) atoms. The molecule has 4 rings (SSSR count). The van der Waals surface area contributed by atoms with Gasteiger partial charge in [0.05, 0.1) is 36.6 Å². The Balaban J connectivity index is 1.74. The molecule has 1 spiro atoms. The minimum Gasteiger partial charge on any atom is -0.455 e. The van der Waals surface area contributed by atoms with E-state index in [2.05, 4.69) is 20.1 Å². The highest BCUT2D eigenvalue weighted by molar-refractivity contribution is 5.98. The summed E-state index contributed by atoms with van der Waals surface area (Å²) in [7, 11) is 1.70. The highest BCUT2D eigenvalue weighted by atomic mass is 16.6. The first-order chi connectivity index (χ1) is 23.4. The summed E-state index contributed by atoms with van der Waals surface area (Å²) in [6.07, 6.45) is 5.85. The van der Waals surface area contributed by atoms with Crippen molar-refractivity contribution in [1.82, 2.24) is 14.7 Å². The van der Waals surface area contributed by atoms with Crippen LogP contribution >= 0.6 is 0 Å². The van der Waals surface area contributed by atoms with Crippen molar-refractivity contribution >= 4 is 23.7 Å². The summed E-state index contributed by atoms with van der Waals surface area (Å²) in [5.74, 6) is -3.04. The number of rotatable bonds is 18. The fourth-order valence-electron chi connectivity index (χ4n) is 8.33. The maximum Gasteiger partial charge on any atom is 0.313 e. The molecule has 3 aliphatic heterocycles. The average Bonchev–Trinajstić information content (AvgIpc) is 3.74. The summed E-state index contributed by atoms with van der Waals surface area (Å²) in [6, 6.07) is 7.04. The lowest BCUT2D eigenvalue weighted by molar-refractivity contribution is -0.165. The first-order valence-corrected chi connectivity index (χ1v) is 18.0. The number of allylic oxidation sites excluding steroid dienone is 1. The Kier molecular flexibility index (Phi) is 12.9. The van der Waals surface area contributed by atoms with Crippen molar-refractivity contribution in [3.63, 3.8) is 0 Å². The number of hydrogen-bond donors (Lipinski definition) is 1. The smallest absolute Gasteiger partial charge is 0.313 e. The van der Waals surface area contributed by atoms with Gasteiger partial charge in [0.25, 0.3) is 0 Å². The van der Waals surface area contributed by atoms with Crippen LogP contribution in [0, 0.1) is 17.8 Å². The number of carbonyl (C=O) groups is 4. The molecule has 270 valence electrons. The topological polar surface area (TPSA) is 117 Å². The maximum absolute atomic E-state index is 14.7. The van der Waals surface area contributed by atoms with Crippen molar-refractivity contribution in [2.24, 2.45) is 17.8 Å². The van der Waals surface area contributed by atoms with Gasteiger partial charge in [0.1, 0.15) is 17.7 Å². The fourth-order valence-corrected chi connectivity index (χ4v) is 8.33. The van der Waals surface area contributed by atoms with E-state index in [1.54, 1.807) is 33.9 Å². The van der Waals surface area contributed by atoms with Crippen LogP contribution in [0.1, 0.15) is 91.2 Å². The second-order valence-electron chi connectivity index (χ2n) is 14.5. The first kappa shape index (κ1) is 38.3. The van der Waals surface area contributed by atoms with Crippen molar-refractivity contribution in [2.75, 3.05) is 20.2 Å². The summed E-state index contributed by atoms with van der Waals surface area (Å²) in [5.41, 5.74) is -0.510. The van der Waals surface area contributed by atoms with Gasteiger partial charge in [0.15, 0.2) is 0 Å². The highest BCUT2D eigenvalue weighted by Crippen LogP contribution is 2.59. The van der Waals surface area contributed by atoms with Gasteiger partial charge in [-0.15, -0.1) is 13.2 Å². The van der Waals surface area contributed by atoms with Crippen LogP contribution in [-0.4, -0.2) is 99.6 Å². The number of hydrogen-bond acceptors (Lipinski definition) is 7. The van der Waals surface area contributed by atoms with E-state index in [4.69, 9.17) is 9.47 Å². The fraction of sp³-hybridized carbons (Fsp3) is 0.641. The van der Waals surface area contributed by atoms with Crippen LogP contribution in [0.15, 0.2) is 55.6 Å². The lowest BCUT2D eigenvalue weighted by Gasteiger charge is -2.41. The first-order valence-electron chi connectivity index (χ1n) is 18.0. The van der Waals surface area contributed by atoms with Crippen molar-refractivity contribution in [2.45, 2.75) is 122 Å². The summed E-state index contributed by atoms with van der Waals surface area (Å²) in [4.78, 5) is 61.8. The Labute approximate surface area is 292 Å². The molecule has 0 aromatic heterocycles. The molecule has 0 radical (unpaired) electrons. The van der Waals surface area contributed by atoms with Crippen LogP contribution in [0.2, 0.25) is 0 Å². The molecule has 10 heteroatoms. The van der Waals surface area contributed by atoms with Crippen LogP contribution < -0.4 is 0 Å². The number of nitrogens with zero attached hydrogens (tertiary/aromatic N) is 3. The molecule has 1 aromatic carbocycles. The minimum absolute atomic E-state index is 0.101. The number of aliphatic hydroxyl groups excluding tert-OH is 1. The Morgan fingerprint density at radius 3 is 2.43 bits per heavy atom. The van der Waals surface area contributed by atoms with Gasteiger partial charge in [-0.1, -0.05) is 69.7 Å². The van der Waals surface area contributed by atoms with Gasteiger partial charge in [0.2, 0.25) is 17.7 Å². The van der Waals surface area contributed by atoms with E-state index in [1.807, 2.05) is 58.0 Å². The molecule has 1 aromatic rings. The molecule has 1 N–H and O–H groups in total. The van der Waals surface area contributed by atoms with Gasteiger partial charge in [0, 0.05) is 26.1 Å². The van der Waals surface area contributed by atoms with Crippen molar-refractivity contribution < 1.29 is 33.8 Å². The lowest BCUT2D eigenvalue weighted by atomic mass is 9.70. The zero-order valence-corrected chi connectivity index (χ0v) is 30.3. The zero-order valence-electron chi connectivity index (χ0n) is 30.3. The zero-order chi connectivity index (χ0) is 36.0. The molecule has 3 fully saturated rings. The molecule has 1 unspecified atom stereocenters. The minimum atomic E-state index is -1.23. The second kappa shape index (κ2) is 16.5. The van der Waals surface area contributed by atoms with E-state index in [-0.39, 0.29) is 42.7 Å². The number of likely N-dealkylation sites (N-methyl/N-ethyl adjacent to an activating group) is 1. The number of carbonyl (C=O) groups excluding carboxylic acids is 4. The molecule has 3 aliphatic rings. The predicted octanol–water partition coefficient (Wildman–Crippen LogP) is 5.07. The van der Waals surface area contributed by atoms with Crippen LogP contribution in [-0.2, 0) is 28.7 Å². The maximum atomic E-state index is 14.7. The molecular formula is C39H57N3O7. The third kappa shape index (κ3) is 7.50. The molecule has 3 amide bonds. The molecule has 2 bridgehead atoms.